The van der Waals surface area contributed by atoms with E-state index < -0.39 is 16.1 Å². The first-order valence-electron chi connectivity index (χ1n) is 7.62. The van der Waals surface area contributed by atoms with Gasteiger partial charge in [0.05, 0.1) is 10.9 Å². The predicted molar refractivity (Wildman–Crippen MR) is 101 cm³/mol. The highest BCUT2D eigenvalue weighted by Gasteiger charge is 2.31. The summed E-state index contributed by atoms with van der Waals surface area (Å²) in [5, 5.41) is 0.556. The van der Waals surface area contributed by atoms with E-state index in [4.69, 9.17) is 23.2 Å². The second kappa shape index (κ2) is 6.15. The van der Waals surface area contributed by atoms with Crippen molar-refractivity contribution < 1.29 is 8.42 Å². The van der Waals surface area contributed by atoms with Gasteiger partial charge in [-0.25, -0.2) is 8.42 Å². The summed E-state index contributed by atoms with van der Waals surface area (Å²) in [5.41, 5.74) is 3.94. The van der Waals surface area contributed by atoms with E-state index in [0.29, 0.717) is 0 Å². The maximum atomic E-state index is 12.9. The van der Waals surface area contributed by atoms with Crippen LogP contribution in [-0.2, 0) is 10.0 Å². The molecule has 3 nitrogen and oxygen atoms in total. The van der Waals surface area contributed by atoms with E-state index in [1.165, 1.54) is 18.2 Å². The van der Waals surface area contributed by atoms with E-state index in [0.717, 1.165) is 22.3 Å². The summed E-state index contributed by atoms with van der Waals surface area (Å²) < 4.78 is 28.6. The monoisotopic (exact) mass is 389 g/mol. The molecule has 1 aliphatic carbocycles. The highest BCUT2D eigenvalue weighted by molar-refractivity contribution is 7.89. The Morgan fingerprint density at radius 2 is 1.24 bits per heavy atom. The maximum absolute atomic E-state index is 12.9. The summed E-state index contributed by atoms with van der Waals surface area (Å²) in [4.78, 5) is 0.0480. The molecule has 3 aromatic carbocycles. The van der Waals surface area contributed by atoms with Gasteiger partial charge in [-0.15, -0.1) is 0 Å². The SMILES string of the molecule is O=S(=O)(NC1c2ccccc2-c2ccccc21)c1cc(Cl)cc(Cl)c1. The molecule has 0 bridgehead atoms. The Bertz CT molecular complexity index is 1010. The maximum Gasteiger partial charge on any atom is 0.241 e. The van der Waals surface area contributed by atoms with Crippen LogP contribution in [-0.4, -0.2) is 8.42 Å². The van der Waals surface area contributed by atoms with Crippen molar-refractivity contribution in [3.05, 3.63) is 87.9 Å². The Balaban J connectivity index is 1.80. The van der Waals surface area contributed by atoms with E-state index in [9.17, 15) is 8.42 Å². The van der Waals surface area contributed by atoms with Crippen LogP contribution in [0, 0.1) is 0 Å². The van der Waals surface area contributed by atoms with E-state index in [-0.39, 0.29) is 14.9 Å². The van der Waals surface area contributed by atoms with Gasteiger partial charge in [-0.3, -0.25) is 0 Å². The summed E-state index contributed by atoms with van der Waals surface area (Å²) >= 11 is 11.9. The number of fused-ring (bicyclic) bond motifs is 3. The molecule has 126 valence electrons. The Kier molecular flexibility index (Phi) is 4.08. The number of hydrogen-bond acceptors (Lipinski definition) is 2. The highest BCUT2D eigenvalue weighted by Crippen LogP contribution is 2.43. The van der Waals surface area contributed by atoms with Crippen LogP contribution in [0.2, 0.25) is 10.0 Å². The van der Waals surface area contributed by atoms with Crippen molar-refractivity contribution in [2.75, 3.05) is 0 Å². The predicted octanol–water partition coefficient (Wildman–Crippen LogP) is 5.04. The molecule has 6 heteroatoms. The molecule has 1 N–H and O–H groups in total. The molecule has 0 saturated carbocycles. The van der Waals surface area contributed by atoms with Crippen molar-refractivity contribution in [1.82, 2.24) is 4.72 Å². The molecular formula is C19H13Cl2NO2S. The minimum atomic E-state index is -3.79. The van der Waals surface area contributed by atoms with Crippen molar-refractivity contribution in [2.45, 2.75) is 10.9 Å². The zero-order valence-corrected chi connectivity index (χ0v) is 15.2. The smallest absolute Gasteiger partial charge is 0.207 e. The van der Waals surface area contributed by atoms with Crippen molar-refractivity contribution in [3.8, 4) is 11.1 Å². The van der Waals surface area contributed by atoms with Crippen LogP contribution < -0.4 is 4.72 Å². The number of nitrogens with one attached hydrogen (secondary N) is 1. The Morgan fingerprint density at radius 1 is 0.760 bits per heavy atom. The number of rotatable bonds is 3. The van der Waals surface area contributed by atoms with Crippen molar-refractivity contribution >= 4 is 33.2 Å². The minimum Gasteiger partial charge on any atom is -0.207 e. The first kappa shape index (κ1) is 16.6. The molecule has 25 heavy (non-hydrogen) atoms. The lowest BCUT2D eigenvalue weighted by molar-refractivity contribution is 0.573. The number of sulfonamides is 1. The van der Waals surface area contributed by atoms with Gasteiger partial charge in [-0.2, -0.15) is 4.72 Å². The van der Waals surface area contributed by atoms with Crippen molar-refractivity contribution in [3.63, 3.8) is 0 Å². The van der Waals surface area contributed by atoms with Crippen LogP contribution >= 0.6 is 23.2 Å². The fourth-order valence-corrected chi connectivity index (χ4v) is 5.11. The fourth-order valence-electron chi connectivity index (χ4n) is 3.19. The van der Waals surface area contributed by atoms with Gasteiger partial charge in [-0.05, 0) is 40.5 Å². The Hall–Kier alpha value is -1.85. The average Bonchev–Trinajstić information content (AvgIpc) is 2.88. The molecule has 1 aliphatic rings. The Morgan fingerprint density at radius 3 is 1.76 bits per heavy atom. The molecule has 0 aromatic heterocycles. The summed E-state index contributed by atoms with van der Waals surface area (Å²) in [7, 11) is -3.79. The molecule has 0 radical (unpaired) electrons. The molecule has 0 aliphatic heterocycles. The molecule has 0 unspecified atom stereocenters. The molecule has 3 aromatic rings. The normalized spacial score (nSPS) is 13.5. The largest absolute Gasteiger partial charge is 0.241 e. The van der Waals surface area contributed by atoms with Gasteiger partial charge in [0.2, 0.25) is 10.0 Å². The summed E-state index contributed by atoms with van der Waals surface area (Å²) in [6, 6.07) is 19.4. The van der Waals surface area contributed by atoms with Crippen molar-refractivity contribution in [1.29, 1.82) is 0 Å². The number of hydrogen-bond donors (Lipinski definition) is 1. The van der Waals surface area contributed by atoms with Gasteiger partial charge in [0.1, 0.15) is 0 Å². The first-order chi connectivity index (χ1) is 12.0. The third-order valence-corrected chi connectivity index (χ3v) is 6.09. The van der Waals surface area contributed by atoms with Gasteiger partial charge in [-0.1, -0.05) is 71.7 Å². The molecule has 0 saturated heterocycles. The van der Waals surface area contributed by atoms with Crippen LogP contribution in [0.3, 0.4) is 0 Å². The average molecular weight is 390 g/mol. The van der Waals surface area contributed by atoms with Gasteiger partial charge < -0.3 is 0 Å². The second-order valence-corrected chi connectivity index (χ2v) is 8.42. The second-order valence-electron chi connectivity index (χ2n) is 5.83. The molecule has 0 heterocycles. The van der Waals surface area contributed by atoms with Crippen LogP contribution in [0.4, 0.5) is 0 Å². The summed E-state index contributed by atoms with van der Waals surface area (Å²) in [6.07, 6.45) is 0. The van der Waals surface area contributed by atoms with Crippen LogP contribution in [0.15, 0.2) is 71.6 Å². The summed E-state index contributed by atoms with van der Waals surface area (Å²) in [5.74, 6) is 0. The van der Waals surface area contributed by atoms with Crippen LogP contribution in [0.1, 0.15) is 17.2 Å². The van der Waals surface area contributed by atoms with Crippen LogP contribution in [0.25, 0.3) is 11.1 Å². The van der Waals surface area contributed by atoms with Gasteiger partial charge in [0.25, 0.3) is 0 Å². The highest BCUT2D eigenvalue weighted by atomic mass is 35.5. The topological polar surface area (TPSA) is 46.2 Å². The summed E-state index contributed by atoms with van der Waals surface area (Å²) in [6.45, 7) is 0. The minimum absolute atomic E-state index is 0.0480. The zero-order valence-electron chi connectivity index (χ0n) is 12.9. The lowest BCUT2D eigenvalue weighted by Crippen LogP contribution is -2.28. The van der Waals surface area contributed by atoms with E-state index >= 15 is 0 Å². The van der Waals surface area contributed by atoms with Gasteiger partial charge in [0, 0.05) is 10.0 Å². The van der Waals surface area contributed by atoms with E-state index in [2.05, 4.69) is 4.72 Å². The zero-order chi connectivity index (χ0) is 17.6. The number of benzene rings is 3. The lowest BCUT2D eigenvalue weighted by atomic mass is 10.1. The Labute approximate surface area is 156 Å². The molecular weight excluding hydrogens is 377 g/mol. The van der Waals surface area contributed by atoms with E-state index in [1.807, 2.05) is 48.5 Å². The third kappa shape index (κ3) is 2.96. The van der Waals surface area contributed by atoms with Crippen molar-refractivity contribution in [2.24, 2.45) is 0 Å². The van der Waals surface area contributed by atoms with Crippen LogP contribution in [0.5, 0.6) is 0 Å². The fraction of sp³-hybridized carbons (Fsp3) is 0.0526. The lowest BCUT2D eigenvalue weighted by Gasteiger charge is -2.16. The van der Waals surface area contributed by atoms with Gasteiger partial charge >= 0.3 is 0 Å². The molecule has 0 atom stereocenters. The molecule has 0 spiro atoms. The molecule has 4 rings (SSSR count). The quantitative estimate of drug-likeness (QED) is 0.681. The molecule has 0 fully saturated rings. The van der Waals surface area contributed by atoms with E-state index in [1.54, 1.807) is 0 Å². The molecule has 0 amide bonds. The van der Waals surface area contributed by atoms with Gasteiger partial charge in [0.15, 0.2) is 0 Å². The first-order valence-corrected chi connectivity index (χ1v) is 9.86. The number of halogens is 2. The standard InChI is InChI=1S/C19H13Cl2NO2S/c20-12-9-13(21)11-14(10-12)25(23,24)22-19-17-7-3-1-5-15(17)16-6-2-4-8-18(16)19/h1-11,19,22H. The third-order valence-electron chi connectivity index (χ3n) is 4.25.